The highest BCUT2D eigenvalue weighted by Crippen LogP contribution is 2.32. The van der Waals surface area contributed by atoms with Gasteiger partial charge in [-0.3, -0.25) is 10.1 Å². The summed E-state index contributed by atoms with van der Waals surface area (Å²) in [5.41, 5.74) is 2.36. The van der Waals surface area contributed by atoms with E-state index in [0.717, 1.165) is 25.7 Å². The monoisotopic (exact) mass is 291 g/mol. The number of rotatable bonds is 5. The van der Waals surface area contributed by atoms with Gasteiger partial charge in [0, 0.05) is 6.04 Å². The molecule has 0 heterocycles. The summed E-state index contributed by atoms with van der Waals surface area (Å²) in [4.78, 5) is 12.0. The van der Waals surface area contributed by atoms with Gasteiger partial charge in [-0.2, -0.15) is 0 Å². The third-order valence-corrected chi connectivity index (χ3v) is 4.49. The molecule has 0 aromatic heterocycles. The molecule has 0 spiro atoms. The number of methoxy groups -OCH3 is 1. The van der Waals surface area contributed by atoms with Crippen molar-refractivity contribution in [3.8, 4) is 5.75 Å². The average Bonchev–Trinajstić information content (AvgIpc) is 2.50. The molecule has 116 valence electrons. The first kappa shape index (κ1) is 15.8. The minimum Gasteiger partial charge on any atom is -0.508 e. The Morgan fingerprint density at radius 2 is 2.29 bits per heavy atom. The van der Waals surface area contributed by atoms with Crippen molar-refractivity contribution in [1.29, 1.82) is 0 Å². The van der Waals surface area contributed by atoms with Crippen LogP contribution in [0, 0.1) is 5.92 Å². The summed E-state index contributed by atoms with van der Waals surface area (Å²) in [6, 6.07) is 5.37. The number of benzene rings is 1. The van der Waals surface area contributed by atoms with Crippen molar-refractivity contribution in [1.82, 2.24) is 5.32 Å². The molecule has 0 amide bonds. The highest BCUT2D eigenvalue weighted by molar-refractivity contribution is 5.76. The van der Waals surface area contributed by atoms with Crippen LogP contribution in [0.25, 0.3) is 0 Å². The second-order valence-corrected chi connectivity index (χ2v) is 5.88. The molecule has 0 fully saturated rings. The van der Waals surface area contributed by atoms with Crippen LogP contribution in [0.3, 0.4) is 0 Å². The fourth-order valence-electron chi connectivity index (χ4n) is 3.02. The molecule has 1 aromatic rings. The van der Waals surface area contributed by atoms with Gasteiger partial charge in [-0.15, -0.1) is 0 Å². The van der Waals surface area contributed by atoms with Crippen molar-refractivity contribution in [3.05, 3.63) is 29.3 Å². The van der Waals surface area contributed by atoms with Gasteiger partial charge in [0.05, 0.1) is 7.11 Å². The van der Waals surface area contributed by atoms with E-state index in [1.807, 2.05) is 12.1 Å². The summed E-state index contributed by atoms with van der Waals surface area (Å²) in [5, 5.41) is 13.1. The van der Waals surface area contributed by atoms with Crippen molar-refractivity contribution in [2.24, 2.45) is 5.92 Å². The van der Waals surface area contributed by atoms with Gasteiger partial charge in [-0.05, 0) is 48.4 Å². The maximum absolute atomic E-state index is 12.0. The van der Waals surface area contributed by atoms with Crippen LogP contribution in [0.1, 0.15) is 50.3 Å². The third kappa shape index (κ3) is 3.56. The van der Waals surface area contributed by atoms with E-state index in [1.54, 1.807) is 6.07 Å². The largest absolute Gasteiger partial charge is 0.508 e. The van der Waals surface area contributed by atoms with Crippen molar-refractivity contribution >= 4 is 5.97 Å². The maximum atomic E-state index is 12.0. The zero-order valence-corrected chi connectivity index (χ0v) is 13.1. The first-order valence-corrected chi connectivity index (χ1v) is 7.72. The fraction of sp³-hybridized carbons (Fsp3) is 0.588. The number of carbonyl (C=O) groups excluding carboxylic acids is 1. The number of ether oxygens (including phenoxy) is 1. The molecule has 21 heavy (non-hydrogen) atoms. The van der Waals surface area contributed by atoms with Gasteiger partial charge in [0.2, 0.25) is 0 Å². The number of nitrogens with one attached hydrogen (secondary N) is 1. The van der Waals surface area contributed by atoms with Crippen molar-refractivity contribution in [2.75, 3.05) is 7.11 Å². The van der Waals surface area contributed by atoms with Crippen LogP contribution in [-0.4, -0.2) is 24.2 Å². The number of hydrogen-bond acceptors (Lipinski definition) is 4. The number of phenols is 1. The van der Waals surface area contributed by atoms with Gasteiger partial charge >= 0.3 is 5.97 Å². The molecule has 3 atom stereocenters. The molecule has 1 aliphatic carbocycles. The van der Waals surface area contributed by atoms with Crippen LogP contribution in [0.2, 0.25) is 0 Å². The summed E-state index contributed by atoms with van der Waals surface area (Å²) in [5.74, 6) is 0.330. The van der Waals surface area contributed by atoms with Crippen LogP contribution in [-0.2, 0) is 16.0 Å². The average molecular weight is 291 g/mol. The second-order valence-electron chi connectivity index (χ2n) is 5.88. The van der Waals surface area contributed by atoms with Gasteiger partial charge in [-0.25, -0.2) is 0 Å². The van der Waals surface area contributed by atoms with Crippen LogP contribution in [0.5, 0.6) is 5.75 Å². The lowest BCUT2D eigenvalue weighted by atomic mass is 9.86. The van der Waals surface area contributed by atoms with E-state index in [9.17, 15) is 9.90 Å². The van der Waals surface area contributed by atoms with Crippen molar-refractivity contribution < 1.29 is 14.6 Å². The fourth-order valence-corrected chi connectivity index (χ4v) is 3.02. The van der Waals surface area contributed by atoms with E-state index in [-0.39, 0.29) is 24.0 Å². The Bertz CT molecular complexity index is 501. The number of phenolic OH excluding ortho intramolecular Hbond substituents is 1. The second kappa shape index (κ2) is 6.94. The molecule has 3 unspecified atom stereocenters. The number of fused-ring (bicyclic) bond motifs is 1. The summed E-state index contributed by atoms with van der Waals surface area (Å²) < 4.78 is 4.94. The highest BCUT2D eigenvalue weighted by Gasteiger charge is 2.30. The van der Waals surface area contributed by atoms with Crippen LogP contribution < -0.4 is 5.32 Å². The quantitative estimate of drug-likeness (QED) is 0.819. The maximum Gasteiger partial charge on any atom is 0.323 e. The Hall–Kier alpha value is -1.55. The molecule has 0 saturated carbocycles. The van der Waals surface area contributed by atoms with Gasteiger partial charge < -0.3 is 9.84 Å². The molecule has 4 heteroatoms. The zero-order chi connectivity index (χ0) is 15.4. The summed E-state index contributed by atoms with van der Waals surface area (Å²) in [6.45, 7) is 4.14. The zero-order valence-electron chi connectivity index (χ0n) is 13.1. The Labute approximate surface area is 126 Å². The number of esters is 1. The Morgan fingerprint density at radius 3 is 2.95 bits per heavy atom. The van der Waals surface area contributed by atoms with Crippen LogP contribution in [0.4, 0.5) is 0 Å². The van der Waals surface area contributed by atoms with Gasteiger partial charge in [0.15, 0.2) is 0 Å². The number of carbonyl (C=O) groups is 1. The molecule has 0 radical (unpaired) electrons. The summed E-state index contributed by atoms with van der Waals surface area (Å²) >= 11 is 0. The van der Waals surface area contributed by atoms with E-state index < -0.39 is 0 Å². The van der Waals surface area contributed by atoms with Gasteiger partial charge in [-0.1, -0.05) is 26.3 Å². The summed E-state index contributed by atoms with van der Waals surface area (Å²) in [6.07, 6.45) is 3.96. The summed E-state index contributed by atoms with van der Waals surface area (Å²) in [7, 11) is 1.44. The lowest BCUT2D eigenvalue weighted by Gasteiger charge is -2.31. The minimum atomic E-state index is -0.287. The van der Waals surface area contributed by atoms with Crippen LogP contribution in [0.15, 0.2) is 18.2 Å². The Balaban J connectivity index is 2.21. The van der Waals surface area contributed by atoms with Gasteiger partial charge in [0.25, 0.3) is 0 Å². The van der Waals surface area contributed by atoms with Gasteiger partial charge in [0.1, 0.15) is 11.8 Å². The first-order chi connectivity index (χ1) is 10.1. The lowest BCUT2D eigenvalue weighted by molar-refractivity contribution is -0.144. The highest BCUT2D eigenvalue weighted by atomic mass is 16.5. The van der Waals surface area contributed by atoms with E-state index >= 15 is 0 Å². The lowest BCUT2D eigenvalue weighted by Crippen LogP contribution is -2.45. The molecule has 0 bridgehead atoms. The predicted octanol–water partition coefficient (Wildman–Crippen LogP) is 2.95. The number of aromatic hydroxyl groups is 1. The molecule has 1 aliphatic rings. The minimum absolute atomic E-state index is 0.146. The van der Waals surface area contributed by atoms with Crippen molar-refractivity contribution in [2.45, 2.75) is 51.6 Å². The first-order valence-electron chi connectivity index (χ1n) is 7.72. The molecular weight excluding hydrogens is 266 g/mol. The Kier molecular flexibility index (Phi) is 5.23. The standard InChI is InChI=1S/C17H25NO3/c1-4-11(2)16(17(20)21-3)18-15-7-5-6-12-10-13(19)8-9-14(12)15/h8-11,15-16,18-19H,4-7H2,1-3H3. The molecular formula is C17H25NO3. The van der Waals surface area contributed by atoms with Crippen LogP contribution >= 0.6 is 0 Å². The van der Waals surface area contributed by atoms with E-state index in [0.29, 0.717) is 5.75 Å². The molecule has 2 rings (SSSR count). The Morgan fingerprint density at radius 1 is 1.52 bits per heavy atom. The number of hydrogen-bond donors (Lipinski definition) is 2. The SMILES string of the molecule is CCC(C)C(NC1CCCc2cc(O)ccc21)C(=O)OC. The molecule has 2 N–H and O–H groups in total. The molecule has 0 saturated heterocycles. The van der Waals surface area contributed by atoms with Crippen molar-refractivity contribution in [3.63, 3.8) is 0 Å². The number of aryl methyl sites for hydroxylation is 1. The molecule has 0 aliphatic heterocycles. The normalized spacial score (nSPS) is 20.4. The smallest absolute Gasteiger partial charge is 0.323 e. The van der Waals surface area contributed by atoms with E-state index in [1.165, 1.54) is 18.2 Å². The third-order valence-electron chi connectivity index (χ3n) is 4.49. The predicted molar refractivity (Wildman–Crippen MR) is 82.2 cm³/mol. The molecule has 4 nitrogen and oxygen atoms in total. The van der Waals surface area contributed by atoms with E-state index in [4.69, 9.17) is 4.74 Å². The van der Waals surface area contributed by atoms with E-state index in [2.05, 4.69) is 19.2 Å². The topological polar surface area (TPSA) is 58.6 Å². The molecule has 1 aromatic carbocycles.